The first kappa shape index (κ1) is 25.3. The van der Waals surface area contributed by atoms with Gasteiger partial charge in [0.1, 0.15) is 17.1 Å². The molecule has 0 radical (unpaired) electrons. The lowest BCUT2D eigenvalue weighted by Gasteiger charge is -2.37. The summed E-state index contributed by atoms with van der Waals surface area (Å²) < 4.78 is 6.47. The van der Waals surface area contributed by atoms with Crippen molar-refractivity contribution in [3.05, 3.63) is 57.7 Å². The lowest BCUT2D eigenvalue weighted by molar-refractivity contribution is 0.0560. The summed E-state index contributed by atoms with van der Waals surface area (Å²) >= 11 is 0. The molecule has 1 aliphatic rings. The molecule has 3 heteroatoms. The van der Waals surface area contributed by atoms with E-state index in [0.29, 0.717) is 5.75 Å². The van der Waals surface area contributed by atoms with Crippen LogP contribution in [0.25, 0.3) is 0 Å². The molecule has 0 saturated heterocycles. The third-order valence-corrected chi connectivity index (χ3v) is 6.64. The van der Waals surface area contributed by atoms with Gasteiger partial charge in [-0.2, -0.15) is 0 Å². The maximum Gasteiger partial charge on any atom is 0.126 e. The molecule has 0 aromatic heterocycles. The van der Waals surface area contributed by atoms with Crippen molar-refractivity contribution in [2.75, 3.05) is 6.61 Å². The molecule has 2 N–H and O–H groups in total. The molecule has 1 aromatic carbocycles. The molecule has 1 atom stereocenters. The van der Waals surface area contributed by atoms with E-state index < -0.39 is 0 Å². The zero-order valence-corrected chi connectivity index (χ0v) is 20.5. The monoisotopic (exact) mass is 426 g/mol. The highest BCUT2D eigenvalue weighted by molar-refractivity contribution is 5.53. The van der Waals surface area contributed by atoms with E-state index in [-0.39, 0.29) is 12.2 Å². The third-order valence-electron chi connectivity index (χ3n) is 6.64. The molecule has 31 heavy (non-hydrogen) atoms. The molecule has 2 rings (SSSR count). The minimum atomic E-state index is -0.144. The number of ether oxygens (including phenoxy) is 1. The number of hydrogen-bond acceptors (Lipinski definition) is 3. The summed E-state index contributed by atoms with van der Waals surface area (Å²) in [7, 11) is 0. The van der Waals surface area contributed by atoms with E-state index in [1.54, 1.807) is 0 Å². The lowest BCUT2D eigenvalue weighted by Crippen LogP contribution is -2.36. The Bertz CT molecular complexity index is 844. The quantitative estimate of drug-likeness (QED) is 0.387. The average Bonchev–Trinajstić information content (AvgIpc) is 2.72. The van der Waals surface area contributed by atoms with E-state index in [1.807, 2.05) is 26.8 Å². The molecule has 3 nitrogen and oxygen atoms in total. The number of aryl methyl sites for hydroxylation is 1. The molecule has 172 valence electrons. The minimum absolute atomic E-state index is 0.144. The molecule has 0 amide bonds. The SMILES string of the molecule is C/C(=C/CC/C(C)=C/CC/C(C)=C/CC[C@]1(C)CCc2cc(O)c(C)c(C)c2O1)CO. The van der Waals surface area contributed by atoms with Crippen molar-refractivity contribution in [1.82, 2.24) is 0 Å². The van der Waals surface area contributed by atoms with Gasteiger partial charge >= 0.3 is 0 Å². The Labute approximate surface area is 189 Å². The molecule has 1 aliphatic heterocycles. The van der Waals surface area contributed by atoms with Crippen LogP contribution < -0.4 is 4.74 Å². The second kappa shape index (κ2) is 11.6. The number of benzene rings is 1. The summed E-state index contributed by atoms with van der Waals surface area (Å²) in [5.74, 6) is 1.36. The van der Waals surface area contributed by atoms with Gasteiger partial charge in [0.05, 0.1) is 6.61 Å². The first-order valence-corrected chi connectivity index (χ1v) is 11.7. The number of aromatic hydroxyl groups is 1. The highest BCUT2D eigenvalue weighted by Gasteiger charge is 2.32. The van der Waals surface area contributed by atoms with Crippen LogP contribution in [0.15, 0.2) is 41.0 Å². The largest absolute Gasteiger partial charge is 0.508 e. The van der Waals surface area contributed by atoms with Crippen LogP contribution in [0, 0.1) is 13.8 Å². The normalized spacial score (nSPS) is 19.9. The Balaban J connectivity index is 1.81. The van der Waals surface area contributed by atoms with Crippen LogP contribution in [0.2, 0.25) is 0 Å². The van der Waals surface area contributed by atoms with E-state index in [1.165, 1.54) is 11.1 Å². The Kier molecular flexibility index (Phi) is 9.43. The molecule has 1 aromatic rings. The van der Waals surface area contributed by atoms with Crippen molar-refractivity contribution in [1.29, 1.82) is 0 Å². The van der Waals surface area contributed by atoms with Crippen LogP contribution in [-0.2, 0) is 6.42 Å². The summed E-state index contributed by atoms with van der Waals surface area (Å²) in [5, 5.41) is 19.1. The molecule has 0 bridgehead atoms. The Morgan fingerprint density at radius 3 is 2.16 bits per heavy atom. The van der Waals surface area contributed by atoms with Crippen molar-refractivity contribution in [3.63, 3.8) is 0 Å². The van der Waals surface area contributed by atoms with Gasteiger partial charge < -0.3 is 14.9 Å². The first-order valence-electron chi connectivity index (χ1n) is 11.7. The molecule has 0 spiro atoms. The predicted octanol–water partition coefficient (Wildman–Crippen LogP) is 7.26. The van der Waals surface area contributed by atoms with E-state index in [0.717, 1.165) is 79.4 Å². The Morgan fingerprint density at radius 1 is 0.968 bits per heavy atom. The van der Waals surface area contributed by atoms with Crippen LogP contribution in [0.4, 0.5) is 0 Å². The number of rotatable bonds is 10. The van der Waals surface area contributed by atoms with Gasteiger partial charge in [0.2, 0.25) is 0 Å². The van der Waals surface area contributed by atoms with Crippen molar-refractivity contribution in [2.24, 2.45) is 0 Å². The van der Waals surface area contributed by atoms with Crippen molar-refractivity contribution >= 4 is 0 Å². The Hall–Kier alpha value is -2.00. The van der Waals surface area contributed by atoms with Gasteiger partial charge in [-0.05, 0) is 116 Å². The van der Waals surface area contributed by atoms with Gasteiger partial charge in [-0.15, -0.1) is 0 Å². The zero-order chi connectivity index (χ0) is 23.0. The smallest absolute Gasteiger partial charge is 0.126 e. The fourth-order valence-electron chi connectivity index (χ4n) is 4.13. The molecular formula is C28H42O3. The van der Waals surface area contributed by atoms with Gasteiger partial charge in [-0.25, -0.2) is 0 Å². The van der Waals surface area contributed by atoms with Gasteiger partial charge in [-0.1, -0.05) is 34.9 Å². The summed E-state index contributed by atoms with van der Waals surface area (Å²) in [6.45, 7) is 12.8. The van der Waals surface area contributed by atoms with E-state index in [4.69, 9.17) is 9.84 Å². The fraction of sp³-hybridized carbons (Fsp3) is 0.571. The lowest BCUT2D eigenvalue weighted by atomic mass is 9.87. The highest BCUT2D eigenvalue weighted by Crippen LogP contribution is 2.41. The van der Waals surface area contributed by atoms with Crippen molar-refractivity contribution in [3.8, 4) is 11.5 Å². The summed E-state index contributed by atoms with van der Waals surface area (Å²) in [6, 6.07) is 1.88. The van der Waals surface area contributed by atoms with Gasteiger partial charge in [0.25, 0.3) is 0 Å². The van der Waals surface area contributed by atoms with Crippen LogP contribution >= 0.6 is 0 Å². The number of fused-ring (bicyclic) bond motifs is 1. The molecule has 1 heterocycles. The highest BCUT2D eigenvalue weighted by atomic mass is 16.5. The van der Waals surface area contributed by atoms with Crippen molar-refractivity contribution < 1.29 is 14.9 Å². The minimum Gasteiger partial charge on any atom is -0.508 e. The summed E-state index contributed by atoms with van der Waals surface area (Å²) in [6.07, 6.45) is 15.1. The number of aliphatic hydroxyl groups is 1. The summed E-state index contributed by atoms with van der Waals surface area (Å²) in [4.78, 5) is 0. The molecule has 0 saturated carbocycles. The second-order valence-corrected chi connectivity index (χ2v) is 9.61. The maximum atomic E-state index is 10.1. The number of hydrogen-bond donors (Lipinski definition) is 2. The second-order valence-electron chi connectivity index (χ2n) is 9.61. The summed E-state index contributed by atoms with van der Waals surface area (Å²) in [5.41, 5.74) is 6.89. The first-order chi connectivity index (χ1) is 14.6. The number of phenolic OH excluding ortho intramolecular Hbond substituents is 1. The number of allylic oxidation sites excluding steroid dienone is 5. The molecule has 0 unspecified atom stereocenters. The van der Waals surface area contributed by atoms with Gasteiger partial charge in [0.15, 0.2) is 0 Å². The number of phenols is 1. The topological polar surface area (TPSA) is 49.7 Å². The van der Waals surface area contributed by atoms with Crippen LogP contribution in [0.1, 0.15) is 89.3 Å². The van der Waals surface area contributed by atoms with Crippen LogP contribution in [-0.4, -0.2) is 22.4 Å². The fourth-order valence-corrected chi connectivity index (χ4v) is 4.13. The van der Waals surface area contributed by atoms with E-state index >= 15 is 0 Å². The maximum absolute atomic E-state index is 10.1. The average molecular weight is 427 g/mol. The van der Waals surface area contributed by atoms with Crippen LogP contribution in [0.5, 0.6) is 11.5 Å². The van der Waals surface area contributed by atoms with Crippen molar-refractivity contribution in [2.45, 2.75) is 98.5 Å². The predicted molar refractivity (Wildman–Crippen MR) is 131 cm³/mol. The standard InChI is InChI=1S/C28H42O3/c1-20(12-8-13-22(3)19-29)10-7-11-21(2)14-9-16-28(6)17-15-25-18-26(30)23(4)24(5)27(25)31-28/h10,13-14,18,29-30H,7-9,11-12,15-17,19H2,1-6H3/b20-10+,21-14+,22-13-/t28-/m1/s1. The van der Waals surface area contributed by atoms with E-state index in [2.05, 4.69) is 39.0 Å². The Morgan fingerprint density at radius 2 is 1.55 bits per heavy atom. The third kappa shape index (κ3) is 7.57. The molecule has 0 fully saturated rings. The van der Waals surface area contributed by atoms with Crippen LogP contribution in [0.3, 0.4) is 0 Å². The zero-order valence-electron chi connectivity index (χ0n) is 20.5. The van der Waals surface area contributed by atoms with Gasteiger partial charge in [0, 0.05) is 0 Å². The van der Waals surface area contributed by atoms with E-state index in [9.17, 15) is 5.11 Å². The van der Waals surface area contributed by atoms with Gasteiger partial charge in [-0.3, -0.25) is 0 Å². The molecule has 0 aliphatic carbocycles. The molecular weight excluding hydrogens is 384 g/mol. The number of aliphatic hydroxyl groups excluding tert-OH is 1.